The topological polar surface area (TPSA) is 66.0 Å². The molecule has 41 heavy (non-hydrogen) atoms. The molecule has 3 aromatic rings. The summed E-state index contributed by atoms with van der Waals surface area (Å²) in [6, 6.07) is 16.9. The van der Waals surface area contributed by atoms with Crippen LogP contribution in [-0.2, 0) is 27.0 Å². The molecular weight excluding hydrogens is 533 g/mol. The zero-order chi connectivity index (χ0) is 29.4. The number of hydrogen-bond donors (Lipinski definition) is 0. The third-order valence-electron chi connectivity index (χ3n) is 7.08. The summed E-state index contributed by atoms with van der Waals surface area (Å²) < 4.78 is 44.0. The monoisotopic (exact) mass is 566 g/mol. The van der Waals surface area contributed by atoms with E-state index in [9.17, 15) is 22.8 Å². The van der Waals surface area contributed by atoms with E-state index >= 15 is 0 Å². The Morgan fingerprint density at radius 2 is 1.68 bits per heavy atom. The molecule has 0 spiro atoms. The molecule has 1 unspecified atom stereocenters. The number of halogens is 3. The molecule has 1 saturated heterocycles. The summed E-state index contributed by atoms with van der Waals surface area (Å²) >= 11 is 0. The first-order valence-corrected chi connectivity index (χ1v) is 13.3. The van der Waals surface area contributed by atoms with Crippen LogP contribution in [0, 0.1) is 0 Å². The number of carbonyl (C=O) groups excluding carboxylic acids is 2. The molecule has 1 atom stereocenters. The fraction of sp³-hybridized carbons (Fsp3) is 0.323. The first-order chi connectivity index (χ1) is 19.6. The van der Waals surface area contributed by atoms with E-state index in [1.54, 1.807) is 6.20 Å². The van der Waals surface area contributed by atoms with Crippen molar-refractivity contribution >= 4 is 18.0 Å². The number of aromatic nitrogens is 1. The minimum absolute atomic E-state index is 0.131. The van der Waals surface area contributed by atoms with Gasteiger partial charge in [-0.25, -0.2) is 4.79 Å². The Morgan fingerprint density at radius 3 is 2.27 bits per heavy atom. The molecule has 1 aliphatic rings. The van der Waals surface area contributed by atoms with Crippen molar-refractivity contribution in [2.45, 2.75) is 18.8 Å². The highest BCUT2D eigenvalue weighted by molar-refractivity contribution is 5.94. The van der Waals surface area contributed by atoms with E-state index in [4.69, 9.17) is 4.74 Å². The van der Waals surface area contributed by atoms with E-state index in [2.05, 4.69) is 14.8 Å². The lowest BCUT2D eigenvalue weighted by Gasteiger charge is -2.37. The second-order valence-corrected chi connectivity index (χ2v) is 9.97. The number of carbonyl (C=O) groups is 2. The lowest BCUT2D eigenvalue weighted by molar-refractivity contribution is -0.153. The maximum Gasteiger partial charge on any atom is 0.416 e. The van der Waals surface area contributed by atoms with Gasteiger partial charge >= 0.3 is 12.1 Å². The minimum Gasteiger partial charge on any atom is -0.467 e. The third-order valence-corrected chi connectivity index (χ3v) is 7.08. The Bertz CT molecular complexity index is 1320. The minimum atomic E-state index is -4.45. The largest absolute Gasteiger partial charge is 0.467 e. The number of nitrogens with zero attached hydrogens (tertiary/aromatic N) is 4. The molecule has 0 bridgehead atoms. The van der Waals surface area contributed by atoms with Crippen LogP contribution in [0.15, 0.2) is 79.0 Å². The van der Waals surface area contributed by atoms with E-state index in [1.165, 1.54) is 36.3 Å². The number of pyridine rings is 1. The van der Waals surface area contributed by atoms with Crippen molar-refractivity contribution in [3.8, 4) is 11.3 Å². The predicted molar refractivity (Wildman–Crippen MR) is 150 cm³/mol. The van der Waals surface area contributed by atoms with Crippen LogP contribution in [0.5, 0.6) is 0 Å². The van der Waals surface area contributed by atoms with Crippen LogP contribution in [0.2, 0.25) is 0 Å². The SMILES string of the molecule is COC(=O)C(CN1CCN(C)CC1)N(Cc1ccc(-c2ccccn2)cc1)C(=O)/C=C/c1ccc(C(F)(F)F)cc1. The molecule has 7 nitrogen and oxygen atoms in total. The van der Waals surface area contributed by atoms with Crippen LogP contribution < -0.4 is 0 Å². The van der Waals surface area contributed by atoms with Gasteiger partial charge in [0.05, 0.1) is 18.4 Å². The molecule has 2 heterocycles. The molecule has 2 aromatic carbocycles. The average Bonchev–Trinajstić information content (AvgIpc) is 2.98. The fourth-order valence-corrected chi connectivity index (χ4v) is 4.61. The Hall–Kier alpha value is -4.02. The summed E-state index contributed by atoms with van der Waals surface area (Å²) in [7, 11) is 3.33. The van der Waals surface area contributed by atoms with Gasteiger partial charge in [-0.3, -0.25) is 14.7 Å². The molecule has 1 amide bonds. The Balaban J connectivity index is 1.59. The molecular formula is C31H33F3N4O3. The molecule has 4 rings (SSSR count). The number of esters is 1. The summed E-state index contributed by atoms with van der Waals surface area (Å²) in [5.74, 6) is -0.992. The molecule has 0 saturated carbocycles. The molecule has 1 aromatic heterocycles. The van der Waals surface area contributed by atoms with Gasteiger partial charge in [0.2, 0.25) is 5.91 Å². The van der Waals surface area contributed by atoms with Gasteiger partial charge in [-0.1, -0.05) is 42.5 Å². The summed E-state index contributed by atoms with van der Waals surface area (Å²) in [5.41, 5.74) is 2.19. The van der Waals surface area contributed by atoms with Gasteiger partial charge < -0.3 is 14.5 Å². The van der Waals surface area contributed by atoms with Gasteiger partial charge in [0.1, 0.15) is 6.04 Å². The van der Waals surface area contributed by atoms with Crippen molar-refractivity contribution in [1.82, 2.24) is 19.7 Å². The Morgan fingerprint density at radius 1 is 1.00 bits per heavy atom. The van der Waals surface area contributed by atoms with E-state index in [-0.39, 0.29) is 6.54 Å². The molecule has 10 heteroatoms. The van der Waals surface area contributed by atoms with E-state index in [0.29, 0.717) is 12.1 Å². The van der Waals surface area contributed by atoms with Crippen molar-refractivity contribution in [2.24, 2.45) is 0 Å². The fourth-order valence-electron chi connectivity index (χ4n) is 4.61. The van der Waals surface area contributed by atoms with Gasteiger partial charge in [0, 0.05) is 57.1 Å². The van der Waals surface area contributed by atoms with Crippen LogP contribution in [0.3, 0.4) is 0 Å². The number of benzene rings is 2. The lowest BCUT2D eigenvalue weighted by atomic mass is 10.1. The quantitative estimate of drug-likeness (QED) is 0.279. The normalized spacial score (nSPS) is 15.5. The first kappa shape index (κ1) is 30.0. The standard InChI is InChI=1S/C31H33F3N4O3/c1-36-17-19-37(20-18-36)22-28(30(40)41-2)38(21-24-6-11-25(12-7-24)27-5-3-4-16-35-27)29(39)15-10-23-8-13-26(14-9-23)31(32,33)34/h3-16,28H,17-22H2,1-2H3/b15-10+. The highest BCUT2D eigenvalue weighted by Gasteiger charge is 2.33. The number of hydrogen-bond acceptors (Lipinski definition) is 6. The van der Waals surface area contributed by atoms with E-state index in [0.717, 1.165) is 55.1 Å². The maximum absolute atomic E-state index is 13.6. The van der Waals surface area contributed by atoms with Crippen molar-refractivity contribution < 1.29 is 27.5 Å². The summed E-state index contributed by atoms with van der Waals surface area (Å²) in [4.78, 5) is 36.8. The highest BCUT2D eigenvalue weighted by atomic mass is 19.4. The lowest BCUT2D eigenvalue weighted by Crippen LogP contribution is -2.54. The second kappa shape index (κ2) is 13.6. The van der Waals surface area contributed by atoms with E-state index < -0.39 is 29.7 Å². The summed E-state index contributed by atoms with van der Waals surface area (Å²) in [5, 5.41) is 0. The zero-order valence-electron chi connectivity index (χ0n) is 23.1. The number of alkyl halides is 3. The van der Waals surface area contributed by atoms with Crippen LogP contribution in [0.25, 0.3) is 17.3 Å². The van der Waals surface area contributed by atoms with Crippen LogP contribution in [0.4, 0.5) is 13.2 Å². The van der Waals surface area contributed by atoms with Crippen LogP contribution in [0.1, 0.15) is 16.7 Å². The maximum atomic E-state index is 13.6. The van der Waals surface area contributed by atoms with Crippen LogP contribution in [-0.4, -0.2) is 84.5 Å². The molecule has 216 valence electrons. The second-order valence-electron chi connectivity index (χ2n) is 9.97. The number of likely N-dealkylation sites (N-methyl/N-ethyl adjacent to an activating group) is 1. The Labute approximate surface area is 237 Å². The number of ether oxygens (including phenoxy) is 1. The number of amides is 1. The highest BCUT2D eigenvalue weighted by Crippen LogP contribution is 2.29. The summed E-state index contributed by atoms with van der Waals surface area (Å²) in [6.07, 6.45) is -0.00142. The Kier molecular flexibility index (Phi) is 9.91. The van der Waals surface area contributed by atoms with Gasteiger partial charge in [-0.05, 0) is 48.5 Å². The number of methoxy groups -OCH3 is 1. The average molecular weight is 567 g/mol. The number of rotatable bonds is 9. The third kappa shape index (κ3) is 8.25. The summed E-state index contributed by atoms with van der Waals surface area (Å²) in [6.45, 7) is 3.59. The van der Waals surface area contributed by atoms with Crippen molar-refractivity contribution in [1.29, 1.82) is 0 Å². The van der Waals surface area contributed by atoms with Gasteiger partial charge in [-0.15, -0.1) is 0 Å². The molecule has 0 N–H and O–H groups in total. The van der Waals surface area contributed by atoms with Crippen molar-refractivity contribution in [3.05, 3.63) is 95.7 Å². The van der Waals surface area contributed by atoms with Gasteiger partial charge in [-0.2, -0.15) is 13.2 Å². The van der Waals surface area contributed by atoms with Gasteiger partial charge in [0.25, 0.3) is 0 Å². The first-order valence-electron chi connectivity index (χ1n) is 13.3. The molecule has 1 aliphatic heterocycles. The van der Waals surface area contributed by atoms with Crippen molar-refractivity contribution in [3.63, 3.8) is 0 Å². The number of piperazine rings is 1. The predicted octanol–water partition coefficient (Wildman–Crippen LogP) is 4.60. The molecule has 0 radical (unpaired) electrons. The van der Waals surface area contributed by atoms with Crippen molar-refractivity contribution in [2.75, 3.05) is 46.9 Å². The zero-order valence-corrected chi connectivity index (χ0v) is 23.1. The van der Waals surface area contributed by atoms with Gasteiger partial charge in [0.15, 0.2) is 0 Å². The van der Waals surface area contributed by atoms with E-state index in [1.807, 2.05) is 49.5 Å². The molecule has 1 fully saturated rings. The smallest absolute Gasteiger partial charge is 0.416 e. The van der Waals surface area contributed by atoms with Crippen LogP contribution >= 0.6 is 0 Å². The molecule has 0 aliphatic carbocycles.